The minimum Gasteiger partial charge on any atom is -0.329 e. The molecule has 0 aliphatic carbocycles. The number of hydrogen-bond acceptors (Lipinski definition) is 1. The Labute approximate surface area is 68.3 Å². The highest BCUT2D eigenvalue weighted by atomic mass is 16.1. The zero-order valence-electron chi connectivity index (χ0n) is 7.13. The third-order valence-electron chi connectivity index (χ3n) is 0.643. The van der Waals surface area contributed by atoms with Crippen LogP contribution in [0.25, 0.3) is 0 Å². The van der Waals surface area contributed by atoms with Gasteiger partial charge in [-0.25, -0.2) is 0 Å². The summed E-state index contributed by atoms with van der Waals surface area (Å²) in [5.41, 5.74) is 0. The van der Waals surface area contributed by atoms with Gasteiger partial charge < -0.3 is 5.32 Å². The van der Waals surface area contributed by atoms with E-state index in [1.54, 1.807) is 12.2 Å². The molecule has 0 aliphatic rings. The normalized spacial score (nSPS) is 7.82. The molecule has 2 heteroatoms. The molecule has 0 bridgehead atoms. The molecule has 0 spiro atoms. The maximum absolute atomic E-state index is 10.4. The molecule has 0 atom stereocenters. The summed E-state index contributed by atoms with van der Waals surface area (Å²) < 4.78 is 0. The van der Waals surface area contributed by atoms with E-state index in [9.17, 15) is 4.79 Å². The maximum atomic E-state index is 10.4. The summed E-state index contributed by atoms with van der Waals surface area (Å²) in [6.45, 7) is 10.7. The standard InChI is InChI=1S/C7H9NO.C2H6/c1-3-5-6-8-7(9)4-2;1-2/h3-6H,1-2H2,(H,8,9);1-2H3/b6-5-;. The topological polar surface area (TPSA) is 29.1 Å². The van der Waals surface area contributed by atoms with Crippen molar-refractivity contribution < 1.29 is 4.79 Å². The van der Waals surface area contributed by atoms with Crippen molar-refractivity contribution in [3.63, 3.8) is 0 Å². The fourth-order valence-corrected chi connectivity index (χ4v) is 0.257. The summed E-state index contributed by atoms with van der Waals surface area (Å²) in [5.74, 6) is -0.215. The van der Waals surface area contributed by atoms with Gasteiger partial charge in [0, 0.05) is 6.20 Å². The second kappa shape index (κ2) is 11.5. The Hall–Kier alpha value is -1.31. The SMILES string of the molecule is C=C/C=C\NC(=O)C=C.CC. The molecule has 0 aromatic carbocycles. The highest BCUT2D eigenvalue weighted by molar-refractivity contribution is 5.87. The molecule has 2 nitrogen and oxygen atoms in total. The minimum absolute atomic E-state index is 0.215. The predicted octanol–water partition coefficient (Wildman–Crippen LogP) is 2.01. The number of amides is 1. The quantitative estimate of drug-likeness (QED) is 0.487. The molecule has 62 valence electrons. The Kier molecular flexibility index (Phi) is 12.9. The lowest BCUT2D eigenvalue weighted by Gasteiger charge is -1.87. The molecule has 11 heavy (non-hydrogen) atoms. The minimum atomic E-state index is -0.215. The fourth-order valence-electron chi connectivity index (χ4n) is 0.257. The van der Waals surface area contributed by atoms with Crippen LogP contribution in [0.5, 0.6) is 0 Å². The number of carbonyl (C=O) groups is 1. The van der Waals surface area contributed by atoms with Gasteiger partial charge >= 0.3 is 0 Å². The molecule has 0 aliphatic heterocycles. The van der Waals surface area contributed by atoms with Gasteiger partial charge in [-0.05, 0) is 12.2 Å². The molecule has 0 aromatic heterocycles. The first-order valence-electron chi connectivity index (χ1n) is 3.51. The first-order valence-corrected chi connectivity index (χ1v) is 3.51. The van der Waals surface area contributed by atoms with Crippen LogP contribution in [-0.2, 0) is 4.79 Å². The smallest absolute Gasteiger partial charge is 0.247 e. The van der Waals surface area contributed by atoms with Gasteiger partial charge in [-0.15, -0.1) is 0 Å². The summed E-state index contributed by atoms with van der Waals surface area (Å²) in [4.78, 5) is 10.4. The van der Waals surface area contributed by atoms with E-state index in [1.807, 2.05) is 13.8 Å². The van der Waals surface area contributed by atoms with Crippen molar-refractivity contribution in [1.29, 1.82) is 0 Å². The van der Waals surface area contributed by atoms with Gasteiger partial charge in [0.25, 0.3) is 0 Å². The van der Waals surface area contributed by atoms with Gasteiger partial charge in [-0.2, -0.15) is 0 Å². The van der Waals surface area contributed by atoms with Gasteiger partial charge in [0.15, 0.2) is 0 Å². The summed E-state index contributed by atoms with van der Waals surface area (Å²) in [6.07, 6.45) is 5.90. The Morgan fingerprint density at radius 2 is 1.91 bits per heavy atom. The van der Waals surface area contributed by atoms with Gasteiger partial charge in [0.2, 0.25) is 5.91 Å². The maximum Gasteiger partial charge on any atom is 0.247 e. The molecule has 0 heterocycles. The number of rotatable bonds is 3. The van der Waals surface area contributed by atoms with Crippen LogP contribution in [0.1, 0.15) is 13.8 Å². The van der Waals surface area contributed by atoms with Crippen LogP contribution < -0.4 is 5.32 Å². The second-order valence-corrected chi connectivity index (χ2v) is 1.31. The number of nitrogens with one attached hydrogen (secondary N) is 1. The van der Waals surface area contributed by atoms with Crippen LogP contribution in [0.15, 0.2) is 37.6 Å². The van der Waals surface area contributed by atoms with Crippen molar-refractivity contribution in [2.75, 3.05) is 0 Å². The van der Waals surface area contributed by atoms with Crippen LogP contribution >= 0.6 is 0 Å². The predicted molar refractivity (Wildman–Crippen MR) is 49.0 cm³/mol. The summed E-state index contributed by atoms with van der Waals surface area (Å²) >= 11 is 0. The monoisotopic (exact) mass is 153 g/mol. The van der Waals surface area contributed by atoms with Crippen molar-refractivity contribution in [3.05, 3.63) is 37.6 Å². The lowest BCUT2D eigenvalue weighted by Crippen LogP contribution is -2.12. The molecule has 0 saturated heterocycles. The van der Waals surface area contributed by atoms with Gasteiger partial charge in [-0.1, -0.05) is 33.1 Å². The Morgan fingerprint density at radius 1 is 1.36 bits per heavy atom. The van der Waals surface area contributed by atoms with Crippen molar-refractivity contribution in [1.82, 2.24) is 5.32 Å². The summed E-state index contributed by atoms with van der Waals surface area (Å²) in [5, 5.41) is 2.42. The van der Waals surface area contributed by atoms with Crippen LogP contribution in [-0.4, -0.2) is 5.91 Å². The first kappa shape index (κ1) is 12.4. The van der Waals surface area contributed by atoms with Crippen molar-refractivity contribution in [2.45, 2.75) is 13.8 Å². The average Bonchev–Trinajstić information content (AvgIpc) is 2.08. The lowest BCUT2D eigenvalue weighted by molar-refractivity contribution is -0.115. The van der Waals surface area contributed by atoms with Crippen LogP contribution in [0.2, 0.25) is 0 Å². The molecule has 0 aromatic rings. The summed E-state index contributed by atoms with van der Waals surface area (Å²) in [7, 11) is 0. The van der Waals surface area contributed by atoms with E-state index in [0.717, 1.165) is 0 Å². The molecule has 1 N–H and O–H groups in total. The lowest BCUT2D eigenvalue weighted by atomic mass is 10.5. The van der Waals surface area contributed by atoms with Crippen LogP contribution in [0, 0.1) is 0 Å². The largest absolute Gasteiger partial charge is 0.329 e. The Balaban J connectivity index is 0. The van der Waals surface area contributed by atoms with E-state index < -0.39 is 0 Å². The van der Waals surface area contributed by atoms with E-state index in [0.29, 0.717) is 0 Å². The molecule has 0 fully saturated rings. The van der Waals surface area contributed by atoms with Crippen LogP contribution in [0.3, 0.4) is 0 Å². The van der Waals surface area contributed by atoms with Crippen molar-refractivity contribution in [3.8, 4) is 0 Å². The molecular weight excluding hydrogens is 138 g/mol. The molecular formula is C9H15NO. The number of hydrogen-bond donors (Lipinski definition) is 1. The highest BCUT2D eigenvalue weighted by Gasteiger charge is 1.82. The zero-order chi connectivity index (χ0) is 9.11. The summed E-state index contributed by atoms with van der Waals surface area (Å²) in [6, 6.07) is 0. The molecule has 0 radical (unpaired) electrons. The van der Waals surface area contributed by atoms with E-state index in [-0.39, 0.29) is 5.91 Å². The highest BCUT2D eigenvalue weighted by Crippen LogP contribution is 1.69. The van der Waals surface area contributed by atoms with Crippen molar-refractivity contribution >= 4 is 5.91 Å². The third kappa shape index (κ3) is 12.0. The fraction of sp³-hybridized carbons (Fsp3) is 0.222. The Bertz CT molecular complexity index is 148. The first-order chi connectivity index (χ1) is 5.31. The molecule has 0 saturated carbocycles. The van der Waals surface area contributed by atoms with Crippen LogP contribution in [0.4, 0.5) is 0 Å². The van der Waals surface area contributed by atoms with Gasteiger partial charge in [0.05, 0.1) is 0 Å². The van der Waals surface area contributed by atoms with E-state index in [2.05, 4.69) is 18.5 Å². The van der Waals surface area contributed by atoms with E-state index >= 15 is 0 Å². The second-order valence-electron chi connectivity index (χ2n) is 1.31. The molecule has 0 rings (SSSR count). The zero-order valence-corrected chi connectivity index (χ0v) is 7.13. The number of allylic oxidation sites excluding steroid dienone is 2. The average molecular weight is 153 g/mol. The molecule has 0 unspecified atom stereocenters. The Morgan fingerprint density at radius 3 is 2.27 bits per heavy atom. The van der Waals surface area contributed by atoms with Crippen molar-refractivity contribution in [2.24, 2.45) is 0 Å². The molecule has 1 amide bonds. The number of carbonyl (C=O) groups excluding carboxylic acids is 1. The van der Waals surface area contributed by atoms with E-state index in [1.165, 1.54) is 12.3 Å². The third-order valence-corrected chi connectivity index (χ3v) is 0.643. The van der Waals surface area contributed by atoms with Gasteiger partial charge in [-0.3, -0.25) is 4.79 Å². The van der Waals surface area contributed by atoms with E-state index in [4.69, 9.17) is 0 Å². The van der Waals surface area contributed by atoms with Gasteiger partial charge in [0.1, 0.15) is 0 Å².